The standard InChI is InChI=1S/C27H21ClN2O4/c1-33-20-12-21(34-2)19(28)11-14(20)13-29-30-26(31)24-22-15-7-3-4-8-16(15)23(25(24)27(30)32)18-10-6-5-9-17(18)22/h3-13,22-25H,1-2H3/b29-13-/t22?,23?,24-,25+. The molecule has 170 valence electrons. The maximum Gasteiger partial charge on any atom is 0.254 e. The van der Waals surface area contributed by atoms with E-state index in [0.717, 1.165) is 27.3 Å². The smallest absolute Gasteiger partial charge is 0.254 e. The molecule has 0 N–H and O–H groups in total. The first-order valence-electron chi connectivity index (χ1n) is 11.1. The molecule has 0 spiro atoms. The fourth-order valence-electron chi connectivity index (χ4n) is 5.88. The monoisotopic (exact) mass is 472 g/mol. The molecule has 0 aromatic heterocycles. The zero-order valence-electron chi connectivity index (χ0n) is 18.6. The van der Waals surface area contributed by atoms with Crippen LogP contribution in [0.2, 0.25) is 5.02 Å². The van der Waals surface area contributed by atoms with Gasteiger partial charge in [-0.05, 0) is 28.3 Å². The molecular formula is C27H21ClN2O4. The number of hydrogen-bond donors (Lipinski definition) is 0. The number of rotatable bonds is 4. The average Bonchev–Trinajstić information content (AvgIpc) is 3.12. The van der Waals surface area contributed by atoms with E-state index in [1.165, 1.54) is 20.4 Å². The lowest BCUT2D eigenvalue weighted by molar-refractivity contribution is -0.139. The molecule has 1 aliphatic heterocycles. The van der Waals surface area contributed by atoms with Crippen LogP contribution >= 0.6 is 11.6 Å². The van der Waals surface area contributed by atoms with Gasteiger partial charge in [-0.15, -0.1) is 0 Å². The van der Waals surface area contributed by atoms with Crippen LogP contribution < -0.4 is 9.47 Å². The fourth-order valence-corrected chi connectivity index (χ4v) is 6.13. The summed E-state index contributed by atoms with van der Waals surface area (Å²) in [7, 11) is 3.04. The molecule has 7 rings (SSSR count). The minimum atomic E-state index is -0.471. The van der Waals surface area contributed by atoms with Crippen LogP contribution in [0.25, 0.3) is 0 Å². The van der Waals surface area contributed by atoms with Crippen LogP contribution in [0.3, 0.4) is 0 Å². The highest BCUT2D eigenvalue weighted by Gasteiger charge is 2.61. The van der Waals surface area contributed by atoms with Gasteiger partial charge in [0.2, 0.25) is 0 Å². The molecular weight excluding hydrogens is 452 g/mol. The summed E-state index contributed by atoms with van der Waals surface area (Å²) in [5.41, 5.74) is 5.05. The Morgan fingerprint density at radius 2 is 1.26 bits per heavy atom. The van der Waals surface area contributed by atoms with Gasteiger partial charge < -0.3 is 9.47 Å². The first-order chi connectivity index (χ1) is 16.5. The number of amides is 2. The van der Waals surface area contributed by atoms with Crippen molar-refractivity contribution in [3.8, 4) is 11.5 Å². The molecule has 0 unspecified atom stereocenters. The Kier molecular flexibility index (Phi) is 4.74. The van der Waals surface area contributed by atoms with Crippen molar-refractivity contribution in [2.24, 2.45) is 16.9 Å². The third-order valence-corrected chi connectivity index (χ3v) is 7.54. The van der Waals surface area contributed by atoms with E-state index in [2.05, 4.69) is 29.4 Å². The van der Waals surface area contributed by atoms with Gasteiger partial charge in [-0.2, -0.15) is 10.1 Å². The lowest BCUT2D eigenvalue weighted by Crippen LogP contribution is -2.41. The molecule has 3 aromatic rings. The van der Waals surface area contributed by atoms with Crippen molar-refractivity contribution in [1.29, 1.82) is 0 Å². The van der Waals surface area contributed by atoms with E-state index in [1.807, 2.05) is 24.3 Å². The highest BCUT2D eigenvalue weighted by atomic mass is 35.5. The highest BCUT2D eigenvalue weighted by Crippen LogP contribution is 2.60. The van der Waals surface area contributed by atoms with Crippen LogP contribution in [-0.4, -0.2) is 37.3 Å². The molecule has 3 aliphatic carbocycles. The van der Waals surface area contributed by atoms with E-state index in [9.17, 15) is 9.59 Å². The first-order valence-corrected chi connectivity index (χ1v) is 11.4. The van der Waals surface area contributed by atoms with E-state index in [4.69, 9.17) is 21.1 Å². The van der Waals surface area contributed by atoms with E-state index in [0.29, 0.717) is 22.1 Å². The molecule has 1 saturated heterocycles. The van der Waals surface area contributed by atoms with Crippen molar-refractivity contribution < 1.29 is 19.1 Å². The second kappa shape index (κ2) is 7.71. The van der Waals surface area contributed by atoms with Crippen molar-refractivity contribution in [3.63, 3.8) is 0 Å². The Bertz CT molecular complexity index is 1270. The van der Waals surface area contributed by atoms with Gasteiger partial charge in [0.15, 0.2) is 0 Å². The first kappa shape index (κ1) is 20.9. The zero-order valence-corrected chi connectivity index (χ0v) is 19.3. The molecule has 1 fully saturated rings. The van der Waals surface area contributed by atoms with Gasteiger partial charge in [0.1, 0.15) is 11.5 Å². The normalized spacial score (nSPS) is 24.3. The van der Waals surface area contributed by atoms with Crippen LogP contribution in [-0.2, 0) is 9.59 Å². The van der Waals surface area contributed by atoms with Crippen LogP contribution in [0, 0.1) is 11.8 Å². The third-order valence-electron chi connectivity index (χ3n) is 7.24. The summed E-state index contributed by atoms with van der Waals surface area (Å²) in [6.45, 7) is 0. The molecule has 1 heterocycles. The lowest BCUT2D eigenvalue weighted by atomic mass is 9.55. The number of halogens is 1. The van der Waals surface area contributed by atoms with E-state index < -0.39 is 11.8 Å². The molecule has 3 aromatic carbocycles. The molecule has 6 nitrogen and oxygen atoms in total. The summed E-state index contributed by atoms with van der Waals surface area (Å²) in [6.07, 6.45) is 1.44. The van der Waals surface area contributed by atoms with Crippen molar-refractivity contribution in [1.82, 2.24) is 5.01 Å². The van der Waals surface area contributed by atoms with Gasteiger partial charge >= 0.3 is 0 Å². The van der Waals surface area contributed by atoms with Gasteiger partial charge in [-0.1, -0.05) is 60.1 Å². The summed E-state index contributed by atoms with van der Waals surface area (Å²) >= 11 is 6.27. The van der Waals surface area contributed by atoms with E-state index in [1.54, 1.807) is 12.1 Å². The van der Waals surface area contributed by atoms with Gasteiger partial charge in [-0.25, -0.2) is 0 Å². The van der Waals surface area contributed by atoms with E-state index in [-0.39, 0.29) is 23.7 Å². The Hall–Kier alpha value is -3.64. The molecule has 0 radical (unpaired) electrons. The molecule has 2 atom stereocenters. The number of carbonyl (C=O) groups is 2. The largest absolute Gasteiger partial charge is 0.496 e. The lowest BCUT2D eigenvalue weighted by Gasteiger charge is -2.45. The fraction of sp³-hybridized carbons (Fsp3) is 0.222. The van der Waals surface area contributed by atoms with Crippen molar-refractivity contribution >= 4 is 29.6 Å². The number of benzene rings is 3. The van der Waals surface area contributed by atoms with Gasteiger partial charge in [0.05, 0.1) is 37.3 Å². The topological polar surface area (TPSA) is 68.2 Å². The van der Waals surface area contributed by atoms with Crippen LogP contribution in [0.15, 0.2) is 65.8 Å². The predicted octanol–water partition coefficient (Wildman–Crippen LogP) is 4.58. The number of hydrogen-bond acceptors (Lipinski definition) is 5. The van der Waals surface area contributed by atoms with Crippen molar-refractivity contribution in [2.75, 3.05) is 14.2 Å². The number of carbonyl (C=O) groups excluding carboxylic acids is 2. The molecule has 0 saturated carbocycles. The summed E-state index contributed by atoms with van der Waals surface area (Å²) in [4.78, 5) is 27.2. The molecule has 2 bridgehead atoms. The predicted molar refractivity (Wildman–Crippen MR) is 128 cm³/mol. The Morgan fingerprint density at radius 3 is 1.71 bits per heavy atom. The number of ether oxygens (including phenoxy) is 2. The van der Waals surface area contributed by atoms with E-state index >= 15 is 0 Å². The Morgan fingerprint density at radius 1 is 0.794 bits per heavy atom. The number of hydrazone groups is 1. The molecule has 7 heteroatoms. The second-order valence-electron chi connectivity index (χ2n) is 8.73. The van der Waals surface area contributed by atoms with Crippen LogP contribution in [0.4, 0.5) is 0 Å². The minimum absolute atomic E-state index is 0.163. The molecule has 4 aliphatic rings. The SMILES string of the molecule is COc1cc(OC)c(/C=N\N2C(=O)[C@@H]3C4c5ccccc5C(c5ccccc54)[C@@H]3C2=O)cc1Cl. The molecule has 2 amide bonds. The summed E-state index contributed by atoms with van der Waals surface area (Å²) in [5.74, 6) is -0.884. The second-order valence-corrected chi connectivity index (χ2v) is 9.13. The number of nitrogens with zero attached hydrogens (tertiary/aromatic N) is 2. The Labute approximate surface area is 201 Å². The van der Waals surface area contributed by atoms with Crippen molar-refractivity contribution in [3.05, 3.63) is 93.5 Å². The summed E-state index contributed by atoms with van der Waals surface area (Å²) in [6, 6.07) is 19.6. The third kappa shape index (κ3) is 2.78. The maximum atomic E-state index is 13.6. The van der Waals surface area contributed by atoms with Crippen molar-refractivity contribution in [2.45, 2.75) is 11.8 Å². The maximum absolute atomic E-state index is 13.6. The summed E-state index contributed by atoms with van der Waals surface area (Å²) in [5, 5.41) is 5.75. The average molecular weight is 473 g/mol. The van der Waals surface area contributed by atoms with Gasteiger partial charge in [0.25, 0.3) is 11.8 Å². The van der Waals surface area contributed by atoms with Crippen LogP contribution in [0.5, 0.6) is 11.5 Å². The minimum Gasteiger partial charge on any atom is -0.496 e. The number of methoxy groups -OCH3 is 2. The zero-order chi connectivity index (χ0) is 23.6. The number of imide groups is 1. The summed E-state index contributed by atoms with van der Waals surface area (Å²) < 4.78 is 10.7. The Balaban J connectivity index is 1.42. The van der Waals surface area contributed by atoms with Gasteiger partial charge in [-0.3, -0.25) is 9.59 Å². The van der Waals surface area contributed by atoms with Gasteiger partial charge in [0, 0.05) is 23.5 Å². The highest BCUT2D eigenvalue weighted by molar-refractivity contribution is 6.32. The quantitative estimate of drug-likeness (QED) is 0.411. The van der Waals surface area contributed by atoms with Crippen LogP contribution in [0.1, 0.15) is 39.7 Å². The molecule has 34 heavy (non-hydrogen) atoms.